The smallest absolute Gasteiger partial charge is 0.224 e. The molecule has 11 nitrogen and oxygen atoms in total. The second kappa shape index (κ2) is 7.21. The number of aliphatic hydroxyl groups is 8. The van der Waals surface area contributed by atoms with Gasteiger partial charge in [0, 0.05) is 0 Å². The molecule has 2 aliphatic heterocycles. The van der Waals surface area contributed by atoms with Crippen LogP contribution in [0.3, 0.4) is 0 Å². The van der Waals surface area contributed by atoms with E-state index in [0.29, 0.717) is 0 Å². The van der Waals surface area contributed by atoms with Crippen molar-refractivity contribution in [1.82, 2.24) is 0 Å². The molecule has 0 aliphatic carbocycles. The summed E-state index contributed by atoms with van der Waals surface area (Å²) >= 11 is 0. The van der Waals surface area contributed by atoms with E-state index in [1.807, 2.05) is 0 Å². The van der Waals surface area contributed by atoms with E-state index < -0.39 is 74.6 Å². The lowest BCUT2D eigenvalue weighted by molar-refractivity contribution is -0.383. The first kappa shape index (κ1) is 18.9. The molecule has 0 spiro atoms. The summed E-state index contributed by atoms with van der Waals surface area (Å²) in [5.74, 6) is -2.22. The van der Waals surface area contributed by atoms with Crippen molar-refractivity contribution in [3.63, 3.8) is 0 Å². The first-order valence-corrected chi connectivity index (χ1v) is 7.05. The number of hydrogen-bond donors (Lipinski definition) is 8. The predicted molar refractivity (Wildman–Crippen MR) is 68.6 cm³/mol. The lowest BCUT2D eigenvalue weighted by Gasteiger charge is -2.43. The molecule has 2 heterocycles. The molecule has 6 unspecified atom stereocenters. The van der Waals surface area contributed by atoms with Crippen LogP contribution >= 0.6 is 0 Å². The van der Waals surface area contributed by atoms with Gasteiger partial charge in [0.25, 0.3) is 0 Å². The molecule has 8 N–H and O–H groups in total. The van der Waals surface area contributed by atoms with Crippen LogP contribution < -0.4 is 0 Å². The fourth-order valence-corrected chi connectivity index (χ4v) is 2.63. The maximum Gasteiger partial charge on any atom is 0.224 e. The first-order valence-electron chi connectivity index (χ1n) is 7.05. The second-order valence-corrected chi connectivity index (χ2v) is 5.56. The Bertz CT molecular complexity index is 393. The Morgan fingerprint density at radius 2 is 1.39 bits per heavy atom. The van der Waals surface area contributed by atoms with E-state index in [2.05, 4.69) is 0 Å². The fraction of sp³-hybridized carbons (Fsp3) is 1.00. The molecule has 11 heteroatoms. The van der Waals surface area contributed by atoms with Gasteiger partial charge in [0.2, 0.25) is 5.79 Å². The summed E-state index contributed by atoms with van der Waals surface area (Å²) in [4.78, 5) is 0. The molecule has 0 aromatic carbocycles. The molecular weight excluding hydrogens is 320 g/mol. The summed E-state index contributed by atoms with van der Waals surface area (Å²) in [5, 5.41) is 76.7. The van der Waals surface area contributed by atoms with Crippen LogP contribution in [0.4, 0.5) is 0 Å². The summed E-state index contributed by atoms with van der Waals surface area (Å²) in [6.45, 7) is -2.32. The predicted octanol–water partition coefficient (Wildman–Crippen LogP) is -5.40. The molecule has 0 radical (unpaired) electrons. The van der Waals surface area contributed by atoms with Gasteiger partial charge >= 0.3 is 0 Å². The second-order valence-electron chi connectivity index (χ2n) is 5.56. The third-order valence-electron chi connectivity index (χ3n) is 4.07. The molecule has 136 valence electrons. The molecule has 0 amide bonds. The Morgan fingerprint density at radius 1 is 0.783 bits per heavy atom. The Morgan fingerprint density at radius 3 is 1.87 bits per heavy atom. The molecule has 23 heavy (non-hydrogen) atoms. The van der Waals surface area contributed by atoms with Crippen LogP contribution in [0.1, 0.15) is 0 Å². The van der Waals surface area contributed by atoms with Gasteiger partial charge < -0.3 is 55.1 Å². The van der Waals surface area contributed by atoms with Crippen LogP contribution in [0, 0.1) is 0 Å². The monoisotopic (exact) mass is 342 g/mol. The van der Waals surface area contributed by atoms with Crippen molar-refractivity contribution in [1.29, 1.82) is 0 Å². The van der Waals surface area contributed by atoms with E-state index >= 15 is 0 Å². The number of ether oxygens (including phenoxy) is 3. The average molecular weight is 342 g/mol. The van der Waals surface area contributed by atoms with Crippen LogP contribution in [0.25, 0.3) is 0 Å². The first-order chi connectivity index (χ1) is 10.8. The van der Waals surface area contributed by atoms with Gasteiger partial charge in [-0.25, -0.2) is 0 Å². The van der Waals surface area contributed by atoms with Gasteiger partial charge in [0.05, 0.1) is 13.2 Å². The Labute approximate surface area is 130 Å². The molecule has 2 saturated heterocycles. The maximum absolute atomic E-state index is 10.00. The Hall–Kier alpha value is -0.440. The topological polar surface area (TPSA) is 190 Å². The van der Waals surface area contributed by atoms with Crippen molar-refractivity contribution >= 4 is 0 Å². The van der Waals surface area contributed by atoms with Gasteiger partial charge in [-0.15, -0.1) is 0 Å². The third kappa shape index (κ3) is 3.23. The van der Waals surface area contributed by atoms with Crippen molar-refractivity contribution < 1.29 is 55.1 Å². The standard InChI is InChI=1S/C12H22O11/c13-1-4-6(16)8(18)9(19)11(21-4)23-12(3-15)10(20)7(17)5(2-14)22-12/h4-11,13-20H,1-3H2/t4?,5?,6?,7?,8?,9-,10+,11?,12+/m1/s1. The minimum Gasteiger partial charge on any atom is -0.394 e. The van der Waals surface area contributed by atoms with E-state index in [9.17, 15) is 30.6 Å². The minimum atomic E-state index is -2.22. The van der Waals surface area contributed by atoms with Gasteiger partial charge in [-0.3, -0.25) is 0 Å². The van der Waals surface area contributed by atoms with E-state index in [1.165, 1.54) is 0 Å². The van der Waals surface area contributed by atoms with Gasteiger partial charge in [-0.1, -0.05) is 0 Å². The molecular formula is C12H22O11. The molecule has 9 atom stereocenters. The Kier molecular flexibility index (Phi) is 5.92. The molecule has 2 aliphatic rings. The van der Waals surface area contributed by atoms with Crippen LogP contribution in [0.5, 0.6) is 0 Å². The quantitative estimate of drug-likeness (QED) is 0.238. The van der Waals surface area contributed by atoms with Gasteiger partial charge in [-0.2, -0.15) is 0 Å². The average Bonchev–Trinajstić information content (AvgIpc) is 2.80. The summed E-state index contributed by atoms with van der Waals surface area (Å²) in [7, 11) is 0. The largest absolute Gasteiger partial charge is 0.394 e. The van der Waals surface area contributed by atoms with Crippen LogP contribution in [-0.2, 0) is 14.2 Å². The maximum atomic E-state index is 10.00. The normalized spacial score (nSPS) is 51.1. The third-order valence-corrected chi connectivity index (χ3v) is 4.07. The van der Waals surface area contributed by atoms with Crippen molar-refractivity contribution in [2.75, 3.05) is 19.8 Å². The molecule has 0 bridgehead atoms. The zero-order chi connectivity index (χ0) is 17.4. The van der Waals surface area contributed by atoms with Crippen LogP contribution in [0.2, 0.25) is 0 Å². The summed E-state index contributed by atoms with van der Waals surface area (Å²) in [5.41, 5.74) is 0. The highest BCUT2D eigenvalue weighted by Crippen LogP contribution is 2.35. The molecule has 0 aromatic rings. The lowest BCUT2D eigenvalue weighted by atomic mass is 9.99. The van der Waals surface area contributed by atoms with Gasteiger partial charge in [0.15, 0.2) is 6.29 Å². The van der Waals surface area contributed by atoms with Gasteiger partial charge in [-0.05, 0) is 0 Å². The van der Waals surface area contributed by atoms with Crippen molar-refractivity contribution in [2.24, 2.45) is 0 Å². The van der Waals surface area contributed by atoms with E-state index in [0.717, 1.165) is 0 Å². The van der Waals surface area contributed by atoms with E-state index in [-0.39, 0.29) is 0 Å². The summed E-state index contributed by atoms with van der Waals surface area (Å²) < 4.78 is 15.4. The molecule has 0 saturated carbocycles. The fourth-order valence-electron chi connectivity index (χ4n) is 2.63. The van der Waals surface area contributed by atoms with E-state index in [1.54, 1.807) is 0 Å². The van der Waals surface area contributed by atoms with Crippen LogP contribution in [0.15, 0.2) is 0 Å². The molecule has 2 fully saturated rings. The van der Waals surface area contributed by atoms with Crippen molar-refractivity contribution in [2.45, 2.75) is 54.8 Å². The van der Waals surface area contributed by atoms with Gasteiger partial charge in [0.1, 0.15) is 49.3 Å². The highest BCUT2D eigenvalue weighted by molar-refractivity contribution is 4.98. The number of rotatable bonds is 5. The summed E-state index contributed by atoms with van der Waals surface area (Å²) in [6, 6.07) is 0. The van der Waals surface area contributed by atoms with Crippen molar-refractivity contribution in [3.05, 3.63) is 0 Å². The number of hydrogen-bond acceptors (Lipinski definition) is 11. The zero-order valence-electron chi connectivity index (χ0n) is 12.0. The molecule has 0 aromatic heterocycles. The van der Waals surface area contributed by atoms with Crippen molar-refractivity contribution in [3.8, 4) is 0 Å². The number of aliphatic hydroxyl groups excluding tert-OH is 8. The zero-order valence-corrected chi connectivity index (χ0v) is 12.0. The highest BCUT2D eigenvalue weighted by atomic mass is 16.8. The SMILES string of the molecule is OCC1OC(O[C@]2(CO)OC(CO)C(O)[C@@H]2O)[C@H](O)C(O)C1O. The lowest BCUT2D eigenvalue weighted by Crippen LogP contribution is -2.62. The molecule has 2 rings (SSSR count). The minimum absolute atomic E-state index is 0.669. The van der Waals surface area contributed by atoms with Crippen LogP contribution in [-0.4, -0.2) is 115 Å². The summed E-state index contributed by atoms with van der Waals surface area (Å²) in [6.07, 6.45) is -12.7. The highest BCUT2D eigenvalue weighted by Gasteiger charge is 2.58. The van der Waals surface area contributed by atoms with E-state index in [4.69, 9.17) is 24.4 Å². The Balaban J connectivity index is 2.18.